The molecule has 0 saturated heterocycles. The Morgan fingerprint density at radius 1 is 1.78 bits per heavy atom. The van der Waals surface area contributed by atoms with E-state index in [0.717, 1.165) is 12.2 Å². The summed E-state index contributed by atoms with van der Waals surface area (Å²) in [6.07, 6.45) is 2.76. The minimum atomic E-state index is -0.691. The molecule has 9 heavy (non-hydrogen) atoms. The fourth-order valence-electron chi connectivity index (χ4n) is 0.418. The van der Waals surface area contributed by atoms with E-state index in [1.165, 1.54) is 0 Å². The molecule has 1 unspecified atom stereocenters. The van der Waals surface area contributed by atoms with E-state index in [1.807, 2.05) is 6.26 Å². The Balaban J connectivity index is 3.27. The highest BCUT2D eigenvalue weighted by molar-refractivity contribution is 7.98. The normalized spacial score (nSPS) is 13.1. The number of thioether (sulfide) groups is 1. The third kappa shape index (κ3) is 4.33. The van der Waals surface area contributed by atoms with E-state index in [0.29, 0.717) is 0 Å². The van der Waals surface area contributed by atoms with E-state index in [9.17, 15) is 4.79 Å². The van der Waals surface area contributed by atoms with Gasteiger partial charge in [0.1, 0.15) is 0 Å². The topological polar surface area (TPSA) is 37.3 Å². The van der Waals surface area contributed by atoms with Crippen molar-refractivity contribution in [2.45, 2.75) is 13.3 Å². The van der Waals surface area contributed by atoms with Crippen LogP contribution in [0, 0.1) is 5.92 Å². The predicted molar refractivity (Wildman–Crippen MR) is 39.8 cm³/mol. The molecule has 3 heteroatoms. The number of rotatable bonds is 4. The van der Waals surface area contributed by atoms with Crippen molar-refractivity contribution in [3.63, 3.8) is 0 Å². The van der Waals surface area contributed by atoms with Gasteiger partial charge in [-0.25, -0.2) is 0 Å². The van der Waals surface area contributed by atoms with Crippen LogP contribution in [0.1, 0.15) is 13.3 Å². The Morgan fingerprint density at radius 2 is 2.33 bits per heavy atom. The van der Waals surface area contributed by atoms with Crippen LogP contribution in [0.4, 0.5) is 0 Å². The summed E-state index contributed by atoms with van der Waals surface area (Å²) >= 11 is 1.68. The summed E-state index contributed by atoms with van der Waals surface area (Å²) < 4.78 is 0. The molecule has 0 aliphatic heterocycles. The Hall–Kier alpha value is -0.180. The molecule has 0 rings (SSSR count). The predicted octanol–water partition coefficient (Wildman–Crippen LogP) is 1.46. The average Bonchev–Trinajstić information content (AvgIpc) is 1.82. The molecule has 54 valence electrons. The van der Waals surface area contributed by atoms with E-state index in [-0.39, 0.29) is 5.92 Å². The van der Waals surface area contributed by atoms with Gasteiger partial charge in [0.2, 0.25) is 0 Å². The van der Waals surface area contributed by atoms with Crippen LogP contribution in [0.15, 0.2) is 0 Å². The minimum Gasteiger partial charge on any atom is -0.481 e. The average molecular weight is 148 g/mol. The van der Waals surface area contributed by atoms with Crippen molar-refractivity contribution < 1.29 is 9.90 Å². The Morgan fingerprint density at radius 3 is 2.67 bits per heavy atom. The molecule has 0 aliphatic carbocycles. The van der Waals surface area contributed by atoms with Crippen molar-refractivity contribution in [3.8, 4) is 0 Å². The zero-order valence-corrected chi connectivity index (χ0v) is 6.57. The lowest BCUT2D eigenvalue weighted by atomic mass is 10.1. The zero-order valence-electron chi connectivity index (χ0n) is 5.76. The second-order valence-electron chi connectivity index (χ2n) is 2.02. The number of aliphatic carboxylic acids is 1. The van der Waals surface area contributed by atoms with Crippen molar-refractivity contribution in [3.05, 3.63) is 0 Å². The summed E-state index contributed by atoms with van der Waals surface area (Å²) in [5.41, 5.74) is 0. The molecular formula is C6H12O2S. The molecule has 0 aromatic rings. The number of hydrogen-bond acceptors (Lipinski definition) is 2. The molecule has 1 N–H and O–H groups in total. The Labute approximate surface area is 59.6 Å². The van der Waals surface area contributed by atoms with Gasteiger partial charge in [-0.05, 0) is 18.4 Å². The molecular weight excluding hydrogens is 136 g/mol. The number of hydrogen-bond donors (Lipinski definition) is 1. The summed E-state index contributed by atoms with van der Waals surface area (Å²) in [4.78, 5) is 10.2. The lowest BCUT2D eigenvalue weighted by Crippen LogP contribution is -2.09. The van der Waals surface area contributed by atoms with Crippen molar-refractivity contribution in [2.75, 3.05) is 12.0 Å². The highest BCUT2D eigenvalue weighted by Gasteiger charge is 2.08. The lowest BCUT2D eigenvalue weighted by Gasteiger charge is -2.01. The van der Waals surface area contributed by atoms with E-state index < -0.39 is 5.97 Å². The second-order valence-corrected chi connectivity index (χ2v) is 3.01. The largest absolute Gasteiger partial charge is 0.481 e. The summed E-state index contributed by atoms with van der Waals surface area (Å²) in [5, 5.41) is 8.40. The first kappa shape index (κ1) is 8.82. The Bertz CT molecular complexity index is 93.1. The highest BCUT2D eigenvalue weighted by Crippen LogP contribution is 2.05. The fraction of sp³-hybridized carbons (Fsp3) is 0.833. The summed E-state index contributed by atoms with van der Waals surface area (Å²) in [5.74, 6) is 0.0644. The number of carboxylic acid groups (broad SMARTS) is 1. The highest BCUT2D eigenvalue weighted by atomic mass is 32.2. The van der Waals surface area contributed by atoms with E-state index in [4.69, 9.17) is 5.11 Å². The molecule has 0 amide bonds. The van der Waals surface area contributed by atoms with Crippen molar-refractivity contribution in [2.24, 2.45) is 5.92 Å². The molecule has 0 spiro atoms. The van der Waals surface area contributed by atoms with Crippen LogP contribution in [-0.2, 0) is 4.79 Å². The fourth-order valence-corrected chi connectivity index (χ4v) is 1.01. The molecule has 1 atom stereocenters. The van der Waals surface area contributed by atoms with Gasteiger partial charge in [-0.2, -0.15) is 11.8 Å². The summed E-state index contributed by atoms with van der Waals surface area (Å²) in [6, 6.07) is 0. The van der Waals surface area contributed by atoms with Gasteiger partial charge in [0.05, 0.1) is 5.92 Å². The van der Waals surface area contributed by atoms with E-state index in [2.05, 4.69) is 0 Å². The molecule has 0 fully saturated rings. The van der Waals surface area contributed by atoms with Gasteiger partial charge in [0.15, 0.2) is 0 Å². The molecule has 0 aromatic carbocycles. The van der Waals surface area contributed by atoms with Crippen molar-refractivity contribution in [1.82, 2.24) is 0 Å². The molecule has 0 aliphatic rings. The molecule has 0 bridgehead atoms. The maximum atomic E-state index is 10.2. The smallest absolute Gasteiger partial charge is 0.306 e. The Kier molecular flexibility index (Phi) is 4.58. The monoisotopic (exact) mass is 148 g/mol. The quantitative estimate of drug-likeness (QED) is 0.655. The van der Waals surface area contributed by atoms with Gasteiger partial charge in [0, 0.05) is 0 Å². The van der Waals surface area contributed by atoms with Gasteiger partial charge >= 0.3 is 5.97 Å². The molecule has 0 saturated carbocycles. The zero-order chi connectivity index (χ0) is 7.28. The van der Waals surface area contributed by atoms with Crippen LogP contribution < -0.4 is 0 Å². The standard InChI is InChI=1S/C6H12O2S/c1-5(6(7)8)3-4-9-2/h5H,3-4H2,1-2H3,(H,7,8). The number of carbonyl (C=O) groups is 1. The lowest BCUT2D eigenvalue weighted by molar-refractivity contribution is -0.141. The third-order valence-corrected chi connectivity index (χ3v) is 1.82. The molecule has 0 aromatic heterocycles. The van der Waals surface area contributed by atoms with Crippen LogP contribution in [0.25, 0.3) is 0 Å². The second kappa shape index (κ2) is 4.68. The number of carboxylic acids is 1. The summed E-state index contributed by atoms with van der Waals surface area (Å²) in [6.45, 7) is 1.73. The van der Waals surface area contributed by atoms with Crippen molar-refractivity contribution in [1.29, 1.82) is 0 Å². The third-order valence-electron chi connectivity index (χ3n) is 1.18. The van der Waals surface area contributed by atoms with Gasteiger partial charge in [-0.15, -0.1) is 0 Å². The maximum absolute atomic E-state index is 10.2. The maximum Gasteiger partial charge on any atom is 0.306 e. The van der Waals surface area contributed by atoms with E-state index in [1.54, 1.807) is 18.7 Å². The van der Waals surface area contributed by atoms with Crippen LogP contribution in [0.2, 0.25) is 0 Å². The molecule has 0 heterocycles. The van der Waals surface area contributed by atoms with Crippen LogP contribution in [-0.4, -0.2) is 23.1 Å². The van der Waals surface area contributed by atoms with Crippen molar-refractivity contribution >= 4 is 17.7 Å². The van der Waals surface area contributed by atoms with Gasteiger partial charge in [-0.3, -0.25) is 4.79 Å². The minimum absolute atomic E-state index is 0.183. The summed E-state index contributed by atoms with van der Waals surface area (Å²) in [7, 11) is 0. The van der Waals surface area contributed by atoms with Gasteiger partial charge in [-0.1, -0.05) is 6.92 Å². The van der Waals surface area contributed by atoms with E-state index >= 15 is 0 Å². The SMILES string of the molecule is CSCCC(C)C(=O)O. The molecule has 0 radical (unpaired) electrons. The van der Waals surface area contributed by atoms with Crippen LogP contribution in [0.3, 0.4) is 0 Å². The molecule has 2 nitrogen and oxygen atoms in total. The first-order valence-corrected chi connectivity index (χ1v) is 4.29. The van der Waals surface area contributed by atoms with Crippen LogP contribution >= 0.6 is 11.8 Å². The van der Waals surface area contributed by atoms with Gasteiger partial charge in [0.25, 0.3) is 0 Å². The first-order chi connectivity index (χ1) is 4.18. The van der Waals surface area contributed by atoms with Gasteiger partial charge < -0.3 is 5.11 Å². The van der Waals surface area contributed by atoms with Crippen LogP contribution in [0.5, 0.6) is 0 Å². The first-order valence-electron chi connectivity index (χ1n) is 2.90.